The van der Waals surface area contributed by atoms with Gasteiger partial charge in [0.2, 0.25) is 0 Å². The second kappa shape index (κ2) is 5.40. The number of hydrogen-bond acceptors (Lipinski definition) is 7. The van der Waals surface area contributed by atoms with Crippen molar-refractivity contribution in [3.8, 4) is 0 Å². The van der Waals surface area contributed by atoms with E-state index in [4.69, 9.17) is 11.5 Å². The van der Waals surface area contributed by atoms with Gasteiger partial charge in [-0.1, -0.05) is 0 Å². The maximum atomic E-state index is 11.2. The van der Waals surface area contributed by atoms with Crippen LogP contribution in [0.15, 0.2) is 34.8 Å². The van der Waals surface area contributed by atoms with Gasteiger partial charge >= 0.3 is 0 Å². The van der Waals surface area contributed by atoms with E-state index >= 15 is 0 Å². The third-order valence-electron chi connectivity index (χ3n) is 1.97. The summed E-state index contributed by atoms with van der Waals surface area (Å²) in [7, 11) is 0. The summed E-state index contributed by atoms with van der Waals surface area (Å²) in [5.74, 6) is -1.50. The van der Waals surface area contributed by atoms with Crippen molar-refractivity contribution in [1.29, 1.82) is 0 Å². The molecular weight excluding hydrogens is 268 g/mol. The molecule has 0 fully saturated rings. The van der Waals surface area contributed by atoms with Crippen molar-refractivity contribution in [3.63, 3.8) is 0 Å². The Morgan fingerprint density at radius 3 is 2.42 bits per heavy atom. The van der Waals surface area contributed by atoms with Crippen LogP contribution in [0.25, 0.3) is 0 Å². The third kappa shape index (κ3) is 3.01. The van der Waals surface area contributed by atoms with Gasteiger partial charge in [-0.05, 0) is 11.8 Å². The van der Waals surface area contributed by atoms with Crippen molar-refractivity contribution in [2.75, 3.05) is 0 Å². The smallest absolute Gasteiger partial charge is 0.270 e. The molecule has 0 spiro atoms. The number of rotatable bonds is 4. The Bertz CT molecular complexity index is 633. The fourth-order valence-electron chi connectivity index (χ4n) is 1.17. The molecule has 0 unspecified atom stereocenters. The van der Waals surface area contributed by atoms with Crippen LogP contribution in [0.2, 0.25) is 0 Å². The van der Waals surface area contributed by atoms with E-state index in [0.717, 1.165) is 18.0 Å². The topological polar surface area (TPSA) is 138 Å². The highest BCUT2D eigenvalue weighted by atomic mass is 32.2. The molecular formula is C10H8N6O2S. The Balaban J connectivity index is 2.43. The van der Waals surface area contributed by atoms with Gasteiger partial charge < -0.3 is 11.5 Å². The minimum absolute atomic E-state index is 0.0550. The van der Waals surface area contributed by atoms with Gasteiger partial charge in [0.1, 0.15) is 15.7 Å². The van der Waals surface area contributed by atoms with Gasteiger partial charge in [-0.2, -0.15) is 0 Å². The lowest BCUT2D eigenvalue weighted by Gasteiger charge is -2.05. The van der Waals surface area contributed by atoms with E-state index in [1.165, 1.54) is 18.6 Å². The molecule has 19 heavy (non-hydrogen) atoms. The van der Waals surface area contributed by atoms with E-state index in [1.807, 2.05) is 0 Å². The van der Waals surface area contributed by atoms with Gasteiger partial charge in [0.05, 0.1) is 12.4 Å². The van der Waals surface area contributed by atoms with Gasteiger partial charge in [0.25, 0.3) is 11.8 Å². The molecule has 8 nitrogen and oxygen atoms in total. The SMILES string of the molecule is NC(=O)c1cnc(C(N)=O)c(Sc2cnccn2)n1. The van der Waals surface area contributed by atoms with E-state index < -0.39 is 11.8 Å². The molecule has 0 aliphatic heterocycles. The second-order valence-electron chi connectivity index (χ2n) is 3.28. The van der Waals surface area contributed by atoms with E-state index in [0.29, 0.717) is 5.03 Å². The molecule has 0 saturated carbocycles. The van der Waals surface area contributed by atoms with Gasteiger partial charge in [0, 0.05) is 12.4 Å². The number of hydrogen-bond donors (Lipinski definition) is 2. The summed E-state index contributed by atoms with van der Waals surface area (Å²) < 4.78 is 0. The van der Waals surface area contributed by atoms with Crippen LogP contribution in [0.3, 0.4) is 0 Å². The largest absolute Gasteiger partial charge is 0.364 e. The molecule has 2 aromatic rings. The molecule has 0 aromatic carbocycles. The number of amides is 2. The average molecular weight is 276 g/mol. The second-order valence-corrected chi connectivity index (χ2v) is 4.29. The standard InChI is InChI=1S/C10H8N6O2S/c11-8(17)5-3-15-7(9(12)18)10(16-5)19-6-4-13-1-2-14-6/h1-4H,(H2,11,17)(H2,12,18). The Morgan fingerprint density at radius 1 is 1.05 bits per heavy atom. The predicted molar refractivity (Wildman–Crippen MR) is 65.2 cm³/mol. The van der Waals surface area contributed by atoms with Crippen LogP contribution in [0, 0.1) is 0 Å². The van der Waals surface area contributed by atoms with Crippen molar-refractivity contribution in [1.82, 2.24) is 19.9 Å². The van der Waals surface area contributed by atoms with Crippen LogP contribution in [0.4, 0.5) is 0 Å². The first-order valence-electron chi connectivity index (χ1n) is 4.98. The zero-order valence-corrected chi connectivity index (χ0v) is 10.3. The summed E-state index contributed by atoms with van der Waals surface area (Å²) in [6, 6.07) is 0. The molecule has 9 heteroatoms. The monoisotopic (exact) mass is 276 g/mol. The summed E-state index contributed by atoms with van der Waals surface area (Å²) in [6.07, 6.45) is 5.57. The summed E-state index contributed by atoms with van der Waals surface area (Å²) >= 11 is 1.02. The maximum absolute atomic E-state index is 11.2. The van der Waals surface area contributed by atoms with Crippen molar-refractivity contribution < 1.29 is 9.59 Å². The molecule has 0 bridgehead atoms. The number of primary amides is 2. The van der Waals surface area contributed by atoms with Crippen LogP contribution in [-0.4, -0.2) is 31.8 Å². The first-order valence-corrected chi connectivity index (χ1v) is 5.80. The van der Waals surface area contributed by atoms with Gasteiger partial charge in [-0.25, -0.2) is 15.0 Å². The van der Waals surface area contributed by atoms with Crippen molar-refractivity contribution in [2.45, 2.75) is 10.1 Å². The number of carbonyl (C=O) groups is 2. The van der Waals surface area contributed by atoms with Crippen molar-refractivity contribution in [3.05, 3.63) is 36.2 Å². The van der Waals surface area contributed by atoms with E-state index in [2.05, 4.69) is 19.9 Å². The fourth-order valence-corrected chi connectivity index (χ4v) is 1.99. The Labute approximate surface area is 111 Å². The van der Waals surface area contributed by atoms with Crippen molar-refractivity contribution >= 4 is 23.6 Å². The molecule has 2 rings (SSSR count). The minimum atomic E-state index is -0.755. The molecule has 0 atom stereocenters. The normalized spacial score (nSPS) is 10.1. The van der Waals surface area contributed by atoms with Crippen LogP contribution in [0.1, 0.15) is 21.0 Å². The highest BCUT2D eigenvalue weighted by Crippen LogP contribution is 2.25. The Morgan fingerprint density at radius 2 is 1.84 bits per heavy atom. The third-order valence-corrected chi connectivity index (χ3v) is 2.87. The summed E-state index contributed by atoms with van der Waals surface area (Å²) in [5.41, 5.74) is 10.2. The van der Waals surface area contributed by atoms with Crippen LogP contribution < -0.4 is 11.5 Å². The zero-order chi connectivity index (χ0) is 13.8. The van der Waals surface area contributed by atoms with E-state index in [-0.39, 0.29) is 16.4 Å². The Kier molecular flexibility index (Phi) is 3.66. The van der Waals surface area contributed by atoms with Gasteiger partial charge in [-0.15, -0.1) is 0 Å². The number of nitrogens with two attached hydrogens (primary N) is 2. The molecule has 0 radical (unpaired) electrons. The first kappa shape index (κ1) is 12.9. The number of carbonyl (C=O) groups excluding carboxylic acids is 2. The van der Waals surface area contributed by atoms with E-state index in [1.54, 1.807) is 0 Å². The predicted octanol–water partition coefficient (Wildman–Crippen LogP) is -0.384. The first-order chi connectivity index (χ1) is 9.08. The molecule has 0 saturated heterocycles. The van der Waals surface area contributed by atoms with E-state index in [9.17, 15) is 9.59 Å². The number of aromatic nitrogens is 4. The summed E-state index contributed by atoms with van der Waals surface area (Å²) in [6.45, 7) is 0. The zero-order valence-electron chi connectivity index (χ0n) is 9.48. The Hall–Kier alpha value is -2.55. The molecule has 96 valence electrons. The molecule has 4 N–H and O–H groups in total. The molecule has 0 aliphatic carbocycles. The molecule has 2 aromatic heterocycles. The minimum Gasteiger partial charge on any atom is -0.364 e. The summed E-state index contributed by atoms with van der Waals surface area (Å²) in [4.78, 5) is 37.9. The highest BCUT2D eigenvalue weighted by Gasteiger charge is 2.16. The lowest BCUT2D eigenvalue weighted by Crippen LogP contribution is -2.19. The maximum Gasteiger partial charge on any atom is 0.270 e. The van der Waals surface area contributed by atoms with Gasteiger partial charge in [0.15, 0.2) is 5.69 Å². The van der Waals surface area contributed by atoms with Crippen molar-refractivity contribution in [2.24, 2.45) is 11.5 Å². The van der Waals surface area contributed by atoms with Gasteiger partial charge in [-0.3, -0.25) is 14.6 Å². The molecule has 0 aliphatic rings. The number of nitrogens with zero attached hydrogens (tertiary/aromatic N) is 4. The van der Waals surface area contributed by atoms with Crippen LogP contribution >= 0.6 is 11.8 Å². The highest BCUT2D eigenvalue weighted by molar-refractivity contribution is 7.99. The summed E-state index contributed by atoms with van der Waals surface area (Å²) in [5, 5.41) is 0.644. The molecule has 2 heterocycles. The fraction of sp³-hybridized carbons (Fsp3) is 0. The lowest BCUT2D eigenvalue weighted by atomic mass is 10.4. The van der Waals surface area contributed by atoms with Crippen LogP contribution in [0.5, 0.6) is 0 Å². The molecule has 2 amide bonds. The average Bonchev–Trinajstić information content (AvgIpc) is 2.39. The van der Waals surface area contributed by atoms with Crippen LogP contribution in [-0.2, 0) is 0 Å². The quantitative estimate of drug-likeness (QED) is 0.775. The lowest BCUT2D eigenvalue weighted by molar-refractivity contribution is 0.0977.